The molecule has 0 unspecified atom stereocenters. The van der Waals surface area contributed by atoms with Crippen LogP contribution in [0.5, 0.6) is 11.5 Å². The monoisotopic (exact) mass is 562 g/mol. The van der Waals surface area contributed by atoms with E-state index in [-0.39, 0.29) is 24.4 Å². The van der Waals surface area contributed by atoms with Crippen LogP contribution in [0.15, 0.2) is 60.0 Å². The fourth-order valence-corrected chi connectivity index (χ4v) is 5.64. The fourth-order valence-electron chi connectivity index (χ4n) is 4.92. The zero-order valence-electron chi connectivity index (χ0n) is 24.1. The molecule has 1 saturated carbocycles. The smallest absolute Gasteiger partial charge is 0.254 e. The second-order valence-corrected chi connectivity index (χ2v) is 11.5. The van der Waals surface area contributed by atoms with Gasteiger partial charge in [0, 0.05) is 23.0 Å². The van der Waals surface area contributed by atoms with Gasteiger partial charge in [0.2, 0.25) is 5.91 Å². The van der Waals surface area contributed by atoms with Gasteiger partial charge in [-0.15, -0.1) is 11.3 Å². The van der Waals surface area contributed by atoms with Gasteiger partial charge in [-0.05, 0) is 78.9 Å². The van der Waals surface area contributed by atoms with Gasteiger partial charge in [-0.25, -0.2) is 0 Å². The summed E-state index contributed by atoms with van der Waals surface area (Å²) < 4.78 is 10.8. The molecule has 1 aromatic heterocycles. The topological polar surface area (TPSA) is 59.1 Å². The number of nitrogens with zero attached hydrogens (tertiary/aromatic N) is 2. The van der Waals surface area contributed by atoms with Crippen molar-refractivity contribution in [3.05, 3.63) is 81.5 Å². The summed E-state index contributed by atoms with van der Waals surface area (Å²) in [4.78, 5) is 32.1. The molecule has 0 N–H and O–H groups in total. The summed E-state index contributed by atoms with van der Waals surface area (Å²) in [6.45, 7) is 3.39. The molecule has 4 rings (SSSR count). The largest absolute Gasteiger partial charge is 0.493 e. The number of amides is 2. The lowest BCUT2D eigenvalue weighted by molar-refractivity contribution is -0.132. The van der Waals surface area contributed by atoms with Crippen LogP contribution in [0.3, 0.4) is 0 Å². The minimum Gasteiger partial charge on any atom is -0.493 e. The highest BCUT2D eigenvalue weighted by molar-refractivity contribution is 7.09. The van der Waals surface area contributed by atoms with Gasteiger partial charge in [0.25, 0.3) is 5.91 Å². The van der Waals surface area contributed by atoms with Crippen LogP contribution < -0.4 is 9.47 Å². The lowest BCUT2D eigenvalue weighted by Crippen LogP contribution is -2.44. The van der Waals surface area contributed by atoms with Crippen LogP contribution in [0.25, 0.3) is 0 Å². The first-order valence-corrected chi connectivity index (χ1v) is 15.3. The molecule has 40 heavy (non-hydrogen) atoms. The first-order chi connectivity index (χ1) is 19.5. The number of thiophene rings is 1. The number of unbranched alkanes of at least 4 members (excludes halogenated alkanes) is 3. The molecule has 0 atom stereocenters. The van der Waals surface area contributed by atoms with Crippen molar-refractivity contribution in [2.45, 2.75) is 70.9 Å². The fraction of sp³-hybridized carbons (Fsp3) is 0.455. The molecule has 6 nitrogen and oxygen atoms in total. The number of aryl methyl sites for hydroxylation is 1. The van der Waals surface area contributed by atoms with Gasteiger partial charge in [0.1, 0.15) is 6.54 Å². The van der Waals surface area contributed by atoms with Crippen molar-refractivity contribution in [2.24, 2.45) is 0 Å². The first kappa shape index (κ1) is 29.7. The van der Waals surface area contributed by atoms with Crippen molar-refractivity contribution < 1.29 is 19.1 Å². The zero-order valence-corrected chi connectivity index (χ0v) is 24.9. The van der Waals surface area contributed by atoms with E-state index in [4.69, 9.17) is 9.47 Å². The molecule has 1 aliphatic carbocycles. The Labute approximate surface area is 242 Å². The van der Waals surface area contributed by atoms with Crippen LogP contribution in [0.4, 0.5) is 0 Å². The van der Waals surface area contributed by atoms with Crippen molar-refractivity contribution in [3.63, 3.8) is 0 Å². The summed E-state index contributed by atoms with van der Waals surface area (Å²) in [5.41, 5.74) is 2.98. The summed E-state index contributed by atoms with van der Waals surface area (Å²) in [5.74, 6) is 1.28. The van der Waals surface area contributed by atoms with Crippen LogP contribution >= 0.6 is 11.3 Å². The van der Waals surface area contributed by atoms with Gasteiger partial charge in [0.05, 0.1) is 20.8 Å². The Hall–Kier alpha value is -3.32. The number of carbonyl (C=O) groups is 2. The van der Waals surface area contributed by atoms with E-state index in [0.29, 0.717) is 36.6 Å². The molecule has 7 heteroatoms. The maximum Gasteiger partial charge on any atom is 0.254 e. The van der Waals surface area contributed by atoms with Crippen molar-refractivity contribution >= 4 is 23.2 Å². The average molecular weight is 563 g/mol. The summed E-state index contributed by atoms with van der Waals surface area (Å²) in [6, 6.07) is 18.0. The molecule has 1 aliphatic rings. The number of hydrogen-bond acceptors (Lipinski definition) is 5. The van der Waals surface area contributed by atoms with Crippen molar-refractivity contribution in [1.29, 1.82) is 0 Å². The highest BCUT2D eigenvalue weighted by Gasteiger charge is 2.35. The van der Waals surface area contributed by atoms with Gasteiger partial charge < -0.3 is 19.3 Å². The van der Waals surface area contributed by atoms with Gasteiger partial charge >= 0.3 is 0 Å². The highest BCUT2D eigenvalue weighted by Crippen LogP contribution is 2.30. The summed E-state index contributed by atoms with van der Waals surface area (Å²) in [7, 11) is 3.24. The number of methoxy groups -OCH3 is 2. The standard InChI is InChI=1S/C33H42N2O4S/c1-4-5-6-7-9-25-11-14-27(15-12-25)33(37)35(28-16-17-28)24-32(36)34(23-29-10-8-21-40-29)20-19-26-13-18-30(38-2)31(22-26)39-3/h8,10-15,18,21-22,28H,4-7,9,16-17,19-20,23-24H2,1-3H3. The van der Waals surface area contributed by atoms with E-state index >= 15 is 0 Å². The Morgan fingerprint density at radius 1 is 0.900 bits per heavy atom. The molecule has 2 amide bonds. The zero-order chi connectivity index (χ0) is 28.3. The van der Waals surface area contributed by atoms with E-state index in [1.54, 1.807) is 30.5 Å². The summed E-state index contributed by atoms with van der Waals surface area (Å²) >= 11 is 1.64. The Balaban J connectivity index is 1.43. The van der Waals surface area contributed by atoms with Crippen molar-refractivity contribution in [2.75, 3.05) is 27.3 Å². The van der Waals surface area contributed by atoms with Crippen LogP contribution in [0, 0.1) is 0 Å². The molecule has 0 saturated heterocycles. The van der Waals surface area contributed by atoms with E-state index in [9.17, 15) is 9.59 Å². The van der Waals surface area contributed by atoms with E-state index < -0.39 is 0 Å². The Kier molecular flexibility index (Phi) is 11.0. The SMILES string of the molecule is CCCCCCc1ccc(C(=O)N(CC(=O)N(CCc2ccc(OC)c(OC)c2)Cc2cccs2)C2CC2)cc1. The van der Waals surface area contributed by atoms with Gasteiger partial charge in [-0.3, -0.25) is 9.59 Å². The highest BCUT2D eigenvalue weighted by atomic mass is 32.1. The first-order valence-electron chi connectivity index (χ1n) is 14.4. The van der Waals surface area contributed by atoms with Gasteiger partial charge in [-0.1, -0.05) is 50.5 Å². The van der Waals surface area contributed by atoms with E-state index in [0.717, 1.165) is 29.7 Å². The average Bonchev–Trinajstić information content (AvgIpc) is 3.70. The second kappa shape index (κ2) is 14.9. The number of rotatable bonds is 16. The molecular formula is C33H42N2O4S. The number of benzene rings is 2. The van der Waals surface area contributed by atoms with Gasteiger partial charge in [-0.2, -0.15) is 0 Å². The molecule has 0 aliphatic heterocycles. The lowest BCUT2D eigenvalue weighted by Gasteiger charge is -2.28. The third-order valence-electron chi connectivity index (χ3n) is 7.47. The minimum absolute atomic E-state index is 0.0262. The number of ether oxygens (including phenoxy) is 2. The predicted molar refractivity (Wildman–Crippen MR) is 161 cm³/mol. The van der Waals surface area contributed by atoms with Crippen molar-refractivity contribution in [1.82, 2.24) is 9.80 Å². The number of hydrogen-bond donors (Lipinski definition) is 0. The Morgan fingerprint density at radius 2 is 1.65 bits per heavy atom. The maximum absolute atomic E-state index is 13.7. The Morgan fingerprint density at radius 3 is 2.30 bits per heavy atom. The molecule has 1 heterocycles. The minimum atomic E-state index is -0.0515. The molecular weight excluding hydrogens is 520 g/mol. The molecule has 0 radical (unpaired) electrons. The third kappa shape index (κ3) is 8.34. The molecule has 3 aromatic rings. The number of carbonyl (C=O) groups excluding carboxylic acids is 2. The second-order valence-electron chi connectivity index (χ2n) is 10.5. The summed E-state index contributed by atoms with van der Waals surface area (Å²) in [6.07, 6.45) is 8.51. The van der Waals surface area contributed by atoms with Gasteiger partial charge in [0.15, 0.2) is 11.5 Å². The van der Waals surface area contributed by atoms with Crippen LogP contribution in [-0.2, 0) is 24.2 Å². The van der Waals surface area contributed by atoms with E-state index in [1.807, 2.05) is 46.7 Å². The molecule has 1 fully saturated rings. The van der Waals surface area contributed by atoms with Crippen molar-refractivity contribution in [3.8, 4) is 11.5 Å². The Bertz CT molecular complexity index is 1220. The van der Waals surface area contributed by atoms with Crippen LogP contribution in [0.1, 0.15) is 71.8 Å². The quantitative estimate of drug-likeness (QED) is 0.181. The van der Waals surface area contributed by atoms with Crippen LogP contribution in [0.2, 0.25) is 0 Å². The normalized spacial score (nSPS) is 12.7. The molecule has 0 spiro atoms. The molecule has 0 bridgehead atoms. The third-order valence-corrected chi connectivity index (χ3v) is 8.33. The molecule has 214 valence electrons. The maximum atomic E-state index is 13.7. The van der Waals surface area contributed by atoms with E-state index in [1.165, 1.54) is 31.2 Å². The van der Waals surface area contributed by atoms with E-state index in [2.05, 4.69) is 25.1 Å². The van der Waals surface area contributed by atoms with Crippen LogP contribution in [-0.4, -0.2) is 55.0 Å². The molecule has 2 aromatic carbocycles. The predicted octanol–water partition coefficient (Wildman–Crippen LogP) is 6.76. The lowest BCUT2D eigenvalue weighted by atomic mass is 10.0. The summed E-state index contributed by atoms with van der Waals surface area (Å²) in [5, 5.41) is 2.03.